The minimum atomic E-state index is -0.413. The van der Waals surface area contributed by atoms with Crippen molar-refractivity contribution < 1.29 is 4.79 Å². The first-order valence-electron chi connectivity index (χ1n) is 6.44. The third kappa shape index (κ3) is 3.08. The van der Waals surface area contributed by atoms with Crippen LogP contribution in [0, 0.1) is 5.41 Å². The third-order valence-electron chi connectivity index (χ3n) is 3.89. The summed E-state index contributed by atoms with van der Waals surface area (Å²) in [5.41, 5.74) is 12.7. The van der Waals surface area contributed by atoms with E-state index in [1.807, 2.05) is 25.1 Å². The molecule has 1 atom stereocenters. The average molecular weight is 282 g/mol. The number of carbonyl (C=O) groups excluding carboxylic acids is 1. The highest BCUT2D eigenvalue weighted by atomic mass is 35.5. The van der Waals surface area contributed by atoms with Crippen LogP contribution in [0.1, 0.15) is 24.5 Å². The van der Waals surface area contributed by atoms with Crippen LogP contribution in [0.3, 0.4) is 0 Å². The molecule has 1 saturated heterocycles. The molecule has 1 aromatic rings. The number of halogens is 1. The van der Waals surface area contributed by atoms with E-state index >= 15 is 0 Å². The number of likely N-dealkylation sites (tertiary alicyclic amines) is 1. The Morgan fingerprint density at radius 2 is 2.26 bits per heavy atom. The molecular weight excluding hydrogens is 262 g/mol. The van der Waals surface area contributed by atoms with Crippen molar-refractivity contribution in [1.29, 1.82) is 0 Å². The highest BCUT2D eigenvalue weighted by molar-refractivity contribution is 6.31. The minimum absolute atomic E-state index is 0.223. The van der Waals surface area contributed by atoms with Gasteiger partial charge < -0.3 is 11.5 Å². The topological polar surface area (TPSA) is 72.4 Å². The van der Waals surface area contributed by atoms with Gasteiger partial charge in [-0.3, -0.25) is 9.69 Å². The predicted molar refractivity (Wildman–Crippen MR) is 76.5 cm³/mol. The first-order valence-corrected chi connectivity index (χ1v) is 6.82. The number of nitrogens with two attached hydrogens (primary N) is 2. The van der Waals surface area contributed by atoms with E-state index in [2.05, 4.69) is 4.90 Å². The van der Waals surface area contributed by atoms with Crippen LogP contribution < -0.4 is 11.5 Å². The van der Waals surface area contributed by atoms with Gasteiger partial charge in [-0.15, -0.1) is 0 Å². The smallest absolute Gasteiger partial charge is 0.224 e. The summed E-state index contributed by atoms with van der Waals surface area (Å²) >= 11 is 6.25. The molecule has 0 radical (unpaired) electrons. The lowest BCUT2D eigenvalue weighted by Crippen LogP contribution is -2.36. The molecule has 1 aliphatic rings. The number of rotatable bonds is 4. The number of hydrogen-bond acceptors (Lipinski definition) is 3. The Morgan fingerprint density at radius 1 is 1.53 bits per heavy atom. The Balaban J connectivity index is 2.05. The lowest BCUT2D eigenvalue weighted by atomic mass is 9.89. The molecule has 0 spiro atoms. The molecule has 4 N–H and O–H groups in total. The van der Waals surface area contributed by atoms with Gasteiger partial charge in [-0.1, -0.05) is 23.7 Å². The number of hydrogen-bond donors (Lipinski definition) is 2. The monoisotopic (exact) mass is 281 g/mol. The third-order valence-corrected chi connectivity index (χ3v) is 4.25. The quantitative estimate of drug-likeness (QED) is 0.878. The number of primary amides is 1. The summed E-state index contributed by atoms with van der Waals surface area (Å²) in [5, 5.41) is 0.732. The summed E-state index contributed by atoms with van der Waals surface area (Å²) in [7, 11) is 0. The first-order chi connectivity index (χ1) is 8.94. The van der Waals surface area contributed by atoms with E-state index in [0.29, 0.717) is 13.1 Å². The lowest BCUT2D eigenvalue weighted by Gasteiger charge is -2.21. The van der Waals surface area contributed by atoms with Gasteiger partial charge in [0.2, 0.25) is 5.91 Å². The highest BCUT2D eigenvalue weighted by Crippen LogP contribution is 2.31. The Labute approximate surface area is 118 Å². The summed E-state index contributed by atoms with van der Waals surface area (Å²) in [6, 6.07) is 5.90. The Morgan fingerprint density at radius 3 is 2.79 bits per heavy atom. The molecule has 5 heteroatoms. The fourth-order valence-corrected chi connectivity index (χ4v) is 2.74. The van der Waals surface area contributed by atoms with Crippen LogP contribution in [-0.2, 0) is 17.9 Å². The van der Waals surface area contributed by atoms with E-state index in [4.69, 9.17) is 23.1 Å². The normalized spacial score (nSPS) is 23.7. The molecule has 0 aromatic heterocycles. The van der Waals surface area contributed by atoms with Crippen molar-refractivity contribution in [3.8, 4) is 0 Å². The summed E-state index contributed by atoms with van der Waals surface area (Å²) in [5.74, 6) is -0.223. The van der Waals surface area contributed by atoms with Crippen molar-refractivity contribution in [2.45, 2.75) is 26.4 Å². The lowest BCUT2D eigenvalue weighted by molar-refractivity contribution is -0.126. The van der Waals surface area contributed by atoms with Gasteiger partial charge >= 0.3 is 0 Å². The van der Waals surface area contributed by atoms with Crippen LogP contribution in [0.4, 0.5) is 0 Å². The Bertz CT molecular complexity index is 492. The fraction of sp³-hybridized carbons (Fsp3) is 0.500. The maximum atomic E-state index is 11.4. The van der Waals surface area contributed by atoms with Crippen LogP contribution in [0.25, 0.3) is 0 Å². The van der Waals surface area contributed by atoms with Crippen molar-refractivity contribution in [1.82, 2.24) is 4.90 Å². The predicted octanol–water partition coefficient (Wildman–Crippen LogP) is 1.50. The highest BCUT2D eigenvalue weighted by Gasteiger charge is 2.38. The summed E-state index contributed by atoms with van der Waals surface area (Å²) in [4.78, 5) is 13.6. The number of carbonyl (C=O) groups is 1. The van der Waals surface area contributed by atoms with E-state index in [1.165, 1.54) is 0 Å². The van der Waals surface area contributed by atoms with Crippen molar-refractivity contribution in [2.24, 2.45) is 16.9 Å². The van der Waals surface area contributed by atoms with Crippen molar-refractivity contribution in [2.75, 3.05) is 13.1 Å². The van der Waals surface area contributed by atoms with E-state index in [1.54, 1.807) is 0 Å². The molecule has 2 rings (SSSR count). The van der Waals surface area contributed by atoms with Crippen molar-refractivity contribution in [3.63, 3.8) is 0 Å². The van der Waals surface area contributed by atoms with E-state index in [9.17, 15) is 4.79 Å². The van der Waals surface area contributed by atoms with Crippen molar-refractivity contribution >= 4 is 17.5 Å². The zero-order valence-corrected chi connectivity index (χ0v) is 11.9. The van der Waals surface area contributed by atoms with E-state index in [-0.39, 0.29) is 5.91 Å². The molecule has 1 aliphatic heterocycles. The van der Waals surface area contributed by atoms with Gasteiger partial charge in [0.1, 0.15) is 0 Å². The second-order valence-corrected chi connectivity index (χ2v) is 5.92. The SMILES string of the molecule is CC1(C(N)=O)CCN(Cc2ccc(CN)cc2Cl)C1. The fourth-order valence-electron chi connectivity index (χ4n) is 2.48. The van der Waals surface area contributed by atoms with Gasteiger partial charge in [0, 0.05) is 24.7 Å². The molecule has 1 aromatic carbocycles. The van der Waals surface area contributed by atoms with Crippen molar-refractivity contribution in [3.05, 3.63) is 34.3 Å². The van der Waals surface area contributed by atoms with Gasteiger partial charge in [0.15, 0.2) is 0 Å². The van der Waals surface area contributed by atoms with Crippen LogP contribution in [0.5, 0.6) is 0 Å². The van der Waals surface area contributed by atoms with E-state index < -0.39 is 5.41 Å². The van der Waals surface area contributed by atoms with Crippen LogP contribution in [0.2, 0.25) is 5.02 Å². The minimum Gasteiger partial charge on any atom is -0.369 e. The molecular formula is C14H20ClN3O. The Hall–Kier alpha value is -1.10. The van der Waals surface area contributed by atoms with Crippen LogP contribution >= 0.6 is 11.6 Å². The largest absolute Gasteiger partial charge is 0.369 e. The number of nitrogens with zero attached hydrogens (tertiary/aromatic N) is 1. The molecule has 1 amide bonds. The second kappa shape index (κ2) is 5.49. The molecule has 0 saturated carbocycles. The first kappa shape index (κ1) is 14.3. The van der Waals surface area contributed by atoms with Gasteiger partial charge in [0.05, 0.1) is 5.41 Å². The molecule has 0 aliphatic carbocycles. The van der Waals surface area contributed by atoms with Gasteiger partial charge in [0.25, 0.3) is 0 Å². The standard InChI is InChI=1S/C14H20ClN3O/c1-14(13(17)19)4-5-18(9-14)8-11-3-2-10(7-16)6-12(11)15/h2-3,6H,4-5,7-9,16H2,1H3,(H2,17,19). The number of benzene rings is 1. The molecule has 4 nitrogen and oxygen atoms in total. The maximum Gasteiger partial charge on any atom is 0.224 e. The van der Waals surface area contributed by atoms with Crippen LogP contribution in [0.15, 0.2) is 18.2 Å². The Kier molecular flexibility index (Phi) is 4.13. The number of amides is 1. The average Bonchev–Trinajstić information content (AvgIpc) is 2.75. The van der Waals surface area contributed by atoms with Gasteiger partial charge in [-0.05, 0) is 37.1 Å². The van der Waals surface area contributed by atoms with E-state index in [0.717, 1.165) is 35.7 Å². The maximum absolute atomic E-state index is 11.4. The van der Waals surface area contributed by atoms with Gasteiger partial charge in [-0.2, -0.15) is 0 Å². The molecule has 1 heterocycles. The summed E-state index contributed by atoms with van der Waals surface area (Å²) in [6.45, 7) is 4.72. The molecule has 1 fully saturated rings. The van der Waals surface area contributed by atoms with Crippen LogP contribution in [-0.4, -0.2) is 23.9 Å². The molecule has 19 heavy (non-hydrogen) atoms. The van der Waals surface area contributed by atoms with Gasteiger partial charge in [-0.25, -0.2) is 0 Å². The second-order valence-electron chi connectivity index (χ2n) is 5.52. The molecule has 0 bridgehead atoms. The summed E-state index contributed by atoms with van der Waals surface area (Å²) < 4.78 is 0. The zero-order chi connectivity index (χ0) is 14.0. The summed E-state index contributed by atoms with van der Waals surface area (Å²) in [6.07, 6.45) is 0.806. The molecule has 1 unspecified atom stereocenters. The zero-order valence-electron chi connectivity index (χ0n) is 11.2. The molecule has 104 valence electrons.